The van der Waals surface area contributed by atoms with Crippen LogP contribution < -0.4 is 16.3 Å². The van der Waals surface area contributed by atoms with Crippen molar-refractivity contribution in [1.29, 1.82) is 0 Å². The predicted molar refractivity (Wildman–Crippen MR) is 74.7 cm³/mol. The van der Waals surface area contributed by atoms with E-state index in [1.807, 2.05) is 5.32 Å². The van der Waals surface area contributed by atoms with E-state index in [0.717, 1.165) is 9.69 Å². The Morgan fingerprint density at radius 2 is 1.91 bits per heavy atom. The SMILES string of the molecule is Cn1nc(C(=O)NN2CC(=O)NC2=O)c2ccccc2c1=O. The maximum atomic E-state index is 12.3. The minimum atomic E-state index is -0.715. The summed E-state index contributed by atoms with van der Waals surface area (Å²) in [7, 11) is 1.43. The van der Waals surface area contributed by atoms with Gasteiger partial charge in [0.05, 0.1) is 5.39 Å². The van der Waals surface area contributed by atoms with E-state index in [1.165, 1.54) is 7.05 Å². The van der Waals surface area contributed by atoms with Crippen LogP contribution in [0, 0.1) is 0 Å². The van der Waals surface area contributed by atoms with Crippen LogP contribution in [0.25, 0.3) is 10.8 Å². The van der Waals surface area contributed by atoms with Crippen molar-refractivity contribution in [1.82, 2.24) is 25.5 Å². The summed E-state index contributed by atoms with van der Waals surface area (Å²) in [6.45, 7) is -0.270. The minimum absolute atomic E-state index is 0.00940. The number of carbonyl (C=O) groups is 3. The highest BCUT2D eigenvalue weighted by Crippen LogP contribution is 2.13. The zero-order chi connectivity index (χ0) is 15.9. The number of hydrogen-bond acceptors (Lipinski definition) is 5. The molecule has 0 atom stereocenters. The largest absolute Gasteiger partial charge is 0.343 e. The molecule has 1 saturated heterocycles. The van der Waals surface area contributed by atoms with Gasteiger partial charge in [-0.15, -0.1) is 0 Å². The van der Waals surface area contributed by atoms with Crippen molar-refractivity contribution in [2.75, 3.05) is 6.54 Å². The summed E-state index contributed by atoms with van der Waals surface area (Å²) in [6.07, 6.45) is 0. The van der Waals surface area contributed by atoms with E-state index >= 15 is 0 Å². The highest BCUT2D eigenvalue weighted by atomic mass is 16.2. The smallest absolute Gasteiger partial charge is 0.275 e. The maximum absolute atomic E-state index is 12.3. The molecule has 1 aliphatic heterocycles. The van der Waals surface area contributed by atoms with Crippen molar-refractivity contribution < 1.29 is 14.4 Å². The van der Waals surface area contributed by atoms with E-state index in [9.17, 15) is 19.2 Å². The first-order valence-electron chi connectivity index (χ1n) is 6.36. The third kappa shape index (κ3) is 2.18. The van der Waals surface area contributed by atoms with Crippen molar-refractivity contribution in [2.45, 2.75) is 0 Å². The molecule has 0 spiro atoms. The Labute approximate surface area is 123 Å². The van der Waals surface area contributed by atoms with Gasteiger partial charge in [-0.25, -0.2) is 14.5 Å². The van der Waals surface area contributed by atoms with Crippen LogP contribution in [0.2, 0.25) is 0 Å². The van der Waals surface area contributed by atoms with Gasteiger partial charge in [0.15, 0.2) is 5.69 Å². The van der Waals surface area contributed by atoms with Gasteiger partial charge in [-0.2, -0.15) is 5.10 Å². The molecule has 1 aromatic carbocycles. The summed E-state index contributed by atoms with van der Waals surface area (Å²) in [4.78, 5) is 46.8. The number of nitrogens with zero attached hydrogens (tertiary/aromatic N) is 3. The molecule has 2 N–H and O–H groups in total. The molecule has 1 fully saturated rings. The first-order chi connectivity index (χ1) is 10.5. The minimum Gasteiger partial charge on any atom is -0.275 e. The molecular weight excluding hydrogens is 290 g/mol. The maximum Gasteiger partial charge on any atom is 0.343 e. The summed E-state index contributed by atoms with van der Waals surface area (Å²) in [5.41, 5.74) is 1.96. The molecule has 0 unspecified atom stereocenters. The zero-order valence-corrected chi connectivity index (χ0v) is 11.5. The van der Waals surface area contributed by atoms with Crippen molar-refractivity contribution in [2.24, 2.45) is 7.05 Å². The fourth-order valence-corrected chi connectivity index (χ4v) is 2.17. The lowest BCUT2D eigenvalue weighted by atomic mass is 10.1. The second-order valence-electron chi connectivity index (χ2n) is 4.70. The first-order valence-corrected chi connectivity index (χ1v) is 6.36. The molecule has 1 aliphatic rings. The van der Waals surface area contributed by atoms with E-state index in [-0.39, 0.29) is 17.8 Å². The van der Waals surface area contributed by atoms with Gasteiger partial charge in [0.1, 0.15) is 6.54 Å². The van der Waals surface area contributed by atoms with Crippen LogP contribution in [0.4, 0.5) is 4.79 Å². The molecule has 1 aromatic heterocycles. The van der Waals surface area contributed by atoms with Gasteiger partial charge >= 0.3 is 6.03 Å². The Bertz CT molecular complexity index is 872. The first kappa shape index (κ1) is 13.7. The molecule has 0 saturated carbocycles. The lowest BCUT2D eigenvalue weighted by Gasteiger charge is -2.15. The molecule has 0 aliphatic carbocycles. The predicted octanol–water partition coefficient (Wildman–Crippen LogP) is -0.870. The van der Waals surface area contributed by atoms with Gasteiger partial charge < -0.3 is 0 Å². The van der Waals surface area contributed by atoms with Gasteiger partial charge in [-0.05, 0) is 6.07 Å². The highest BCUT2D eigenvalue weighted by molar-refractivity contribution is 6.07. The number of fused-ring (bicyclic) bond motifs is 1. The number of rotatable bonds is 2. The van der Waals surface area contributed by atoms with E-state index in [4.69, 9.17) is 0 Å². The number of amides is 4. The molecule has 0 radical (unpaired) electrons. The van der Waals surface area contributed by atoms with E-state index in [2.05, 4.69) is 10.5 Å². The molecule has 0 bridgehead atoms. The van der Waals surface area contributed by atoms with Crippen LogP contribution in [0.5, 0.6) is 0 Å². The number of aryl methyl sites for hydroxylation is 1. The number of hydrazine groups is 1. The third-order valence-electron chi connectivity index (χ3n) is 3.20. The molecule has 9 nitrogen and oxygen atoms in total. The standard InChI is InChI=1S/C13H11N5O4/c1-17-12(21)8-5-3-2-4-7(8)10(15-17)11(20)16-18-6-9(19)14-13(18)22/h2-5H,6H2,1H3,(H,16,20)(H,14,19,22). The van der Waals surface area contributed by atoms with Crippen LogP contribution in [0.1, 0.15) is 10.5 Å². The molecule has 2 heterocycles. The molecule has 4 amide bonds. The molecular formula is C13H11N5O4. The van der Waals surface area contributed by atoms with Crippen LogP contribution in [-0.4, -0.2) is 39.2 Å². The van der Waals surface area contributed by atoms with Crippen LogP contribution in [0.15, 0.2) is 29.1 Å². The number of aromatic nitrogens is 2. The number of imide groups is 1. The van der Waals surface area contributed by atoms with Gasteiger partial charge in [0, 0.05) is 12.4 Å². The highest BCUT2D eigenvalue weighted by Gasteiger charge is 2.29. The van der Waals surface area contributed by atoms with Gasteiger partial charge in [-0.3, -0.25) is 25.1 Å². The van der Waals surface area contributed by atoms with Crippen molar-refractivity contribution in [3.05, 3.63) is 40.3 Å². The average molecular weight is 301 g/mol. The number of carbonyl (C=O) groups excluding carboxylic acids is 3. The molecule has 22 heavy (non-hydrogen) atoms. The fourth-order valence-electron chi connectivity index (χ4n) is 2.17. The Morgan fingerprint density at radius 1 is 1.23 bits per heavy atom. The summed E-state index contributed by atoms with van der Waals surface area (Å²) >= 11 is 0. The number of hydrogen-bond donors (Lipinski definition) is 2. The third-order valence-corrected chi connectivity index (χ3v) is 3.20. The van der Waals surface area contributed by atoms with Crippen molar-refractivity contribution >= 4 is 28.6 Å². The lowest BCUT2D eigenvalue weighted by molar-refractivity contribution is -0.118. The molecule has 9 heteroatoms. The Balaban J connectivity index is 2.01. The zero-order valence-electron chi connectivity index (χ0n) is 11.5. The van der Waals surface area contributed by atoms with Crippen LogP contribution >= 0.6 is 0 Å². The van der Waals surface area contributed by atoms with Gasteiger partial charge in [0.25, 0.3) is 11.5 Å². The fraction of sp³-hybridized carbons (Fsp3) is 0.154. The topological polar surface area (TPSA) is 113 Å². The summed E-state index contributed by atoms with van der Waals surface area (Å²) in [6, 6.07) is 5.81. The molecule has 112 valence electrons. The number of urea groups is 1. The lowest BCUT2D eigenvalue weighted by Crippen LogP contribution is -2.45. The monoisotopic (exact) mass is 301 g/mol. The Hall–Kier alpha value is -3.23. The van der Waals surface area contributed by atoms with E-state index in [0.29, 0.717) is 10.8 Å². The summed E-state index contributed by atoms with van der Waals surface area (Å²) in [5.74, 6) is -1.19. The second kappa shape index (κ2) is 4.95. The van der Waals surface area contributed by atoms with Crippen molar-refractivity contribution in [3.8, 4) is 0 Å². The Kier molecular flexibility index (Phi) is 3.09. The van der Waals surface area contributed by atoms with E-state index in [1.54, 1.807) is 24.3 Å². The summed E-state index contributed by atoms with van der Waals surface area (Å²) in [5, 5.41) is 7.54. The number of nitrogens with one attached hydrogen (secondary N) is 2. The molecule has 3 rings (SSSR count). The van der Waals surface area contributed by atoms with Crippen LogP contribution in [0.3, 0.4) is 0 Å². The normalized spacial score (nSPS) is 14.3. The van der Waals surface area contributed by atoms with Crippen LogP contribution in [-0.2, 0) is 11.8 Å². The second-order valence-corrected chi connectivity index (χ2v) is 4.70. The van der Waals surface area contributed by atoms with E-state index < -0.39 is 17.8 Å². The quantitative estimate of drug-likeness (QED) is 0.700. The summed E-state index contributed by atoms with van der Waals surface area (Å²) < 4.78 is 1.05. The number of benzene rings is 1. The van der Waals surface area contributed by atoms with Crippen molar-refractivity contribution in [3.63, 3.8) is 0 Å². The van der Waals surface area contributed by atoms with Gasteiger partial charge in [-0.1, -0.05) is 18.2 Å². The molecule has 2 aromatic rings. The van der Waals surface area contributed by atoms with Gasteiger partial charge in [0.2, 0.25) is 5.91 Å². The Morgan fingerprint density at radius 3 is 2.55 bits per heavy atom. The average Bonchev–Trinajstić information content (AvgIpc) is 2.80.